The van der Waals surface area contributed by atoms with Crippen molar-refractivity contribution in [1.82, 2.24) is 0 Å². The number of para-hydroxylation sites is 1. The molecule has 0 saturated heterocycles. The molecule has 0 radical (unpaired) electrons. The number of nitrogens with one attached hydrogen (secondary N) is 1. The third-order valence-corrected chi connectivity index (χ3v) is 3.86. The topological polar surface area (TPSA) is 127 Å². The van der Waals surface area contributed by atoms with Crippen molar-refractivity contribution in [2.45, 2.75) is 11.3 Å². The van der Waals surface area contributed by atoms with Gasteiger partial charge in [-0.3, -0.25) is 9.59 Å². The van der Waals surface area contributed by atoms with Crippen molar-refractivity contribution in [3.63, 3.8) is 0 Å². The van der Waals surface area contributed by atoms with Crippen LogP contribution in [0.1, 0.15) is 6.42 Å². The number of carbonyl (C=O) groups excluding carboxylic acids is 1. The third kappa shape index (κ3) is 2.91. The van der Waals surface area contributed by atoms with E-state index in [-0.39, 0.29) is 17.0 Å². The predicted octanol–water partition coefficient (Wildman–Crippen LogP) is -0.00680. The molecule has 1 aliphatic rings. The minimum absolute atomic E-state index is 0.0611. The molecule has 0 aliphatic heterocycles. The van der Waals surface area contributed by atoms with Crippen LogP contribution in [0, 0.1) is 11.8 Å². The highest BCUT2D eigenvalue weighted by atomic mass is 32.2. The predicted molar refractivity (Wildman–Crippen MR) is 65.7 cm³/mol. The molecule has 1 aromatic rings. The molecule has 0 spiro atoms. The number of nitrogens with two attached hydrogens (primary N) is 1. The lowest BCUT2D eigenvalue weighted by molar-refractivity contribution is -0.139. The van der Waals surface area contributed by atoms with Gasteiger partial charge in [0.15, 0.2) is 0 Å². The average Bonchev–Trinajstić information content (AvgIpc) is 3.08. The molecule has 0 unspecified atom stereocenters. The van der Waals surface area contributed by atoms with E-state index in [1.807, 2.05) is 0 Å². The number of aliphatic carboxylic acids is 1. The van der Waals surface area contributed by atoms with Crippen molar-refractivity contribution < 1.29 is 23.1 Å². The summed E-state index contributed by atoms with van der Waals surface area (Å²) in [7, 11) is -3.95. The highest BCUT2D eigenvalue weighted by Gasteiger charge is 2.48. The molecule has 0 bridgehead atoms. The van der Waals surface area contributed by atoms with E-state index < -0.39 is 33.7 Å². The number of carbonyl (C=O) groups is 2. The molecule has 2 rings (SSSR count). The van der Waals surface area contributed by atoms with E-state index in [0.717, 1.165) is 0 Å². The van der Waals surface area contributed by atoms with Crippen molar-refractivity contribution in [1.29, 1.82) is 0 Å². The zero-order chi connectivity index (χ0) is 14.2. The fourth-order valence-electron chi connectivity index (χ4n) is 1.80. The van der Waals surface area contributed by atoms with Gasteiger partial charge in [0.05, 0.1) is 17.5 Å². The molecule has 0 aromatic heterocycles. The van der Waals surface area contributed by atoms with Gasteiger partial charge in [-0.15, -0.1) is 0 Å². The number of primary sulfonamides is 1. The van der Waals surface area contributed by atoms with Crippen LogP contribution in [-0.2, 0) is 19.6 Å². The Morgan fingerprint density at radius 3 is 2.42 bits per heavy atom. The second-order valence-corrected chi connectivity index (χ2v) is 5.85. The lowest BCUT2D eigenvalue weighted by atomic mass is 10.2. The number of carboxylic acids is 1. The van der Waals surface area contributed by atoms with E-state index in [0.29, 0.717) is 0 Å². The molecule has 1 aliphatic carbocycles. The first-order valence-electron chi connectivity index (χ1n) is 5.46. The van der Waals surface area contributed by atoms with Crippen LogP contribution in [-0.4, -0.2) is 25.4 Å². The number of hydrogen-bond donors (Lipinski definition) is 3. The van der Waals surface area contributed by atoms with Crippen molar-refractivity contribution in [2.24, 2.45) is 17.0 Å². The fraction of sp³-hybridized carbons (Fsp3) is 0.273. The van der Waals surface area contributed by atoms with Gasteiger partial charge in [0.2, 0.25) is 15.9 Å². The van der Waals surface area contributed by atoms with E-state index in [4.69, 9.17) is 10.2 Å². The van der Waals surface area contributed by atoms with Gasteiger partial charge in [-0.25, -0.2) is 13.6 Å². The quantitative estimate of drug-likeness (QED) is 0.717. The summed E-state index contributed by atoms with van der Waals surface area (Å²) >= 11 is 0. The van der Waals surface area contributed by atoms with E-state index in [9.17, 15) is 18.0 Å². The first-order chi connectivity index (χ1) is 8.80. The molecule has 2 atom stereocenters. The van der Waals surface area contributed by atoms with E-state index >= 15 is 0 Å². The Labute approximate surface area is 109 Å². The summed E-state index contributed by atoms with van der Waals surface area (Å²) in [6.45, 7) is 0. The Bertz CT molecular complexity index is 640. The van der Waals surface area contributed by atoms with Crippen LogP contribution in [0.3, 0.4) is 0 Å². The highest BCUT2D eigenvalue weighted by molar-refractivity contribution is 7.89. The van der Waals surface area contributed by atoms with Gasteiger partial charge < -0.3 is 10.4 Å². The highest BCUT2D eigenvalue weighted by Crippen LogP contribution is 2.39. The van der Waals surface area contributed by atoms with Crippen LogP contribution in [0.15, 0.2) is 29.2 Å². The Balaban J connectivity index is 2.17. The van der Waals surface area contributed by atoms with Gasteiger partial charge in [0.1, 0.15) is 4.90 Å². The van der Waals surface area contributed by atoms with E-state index in [1.54, 1.807) is 6.07 Å². The summed E-state index contributed by atoms with van der Waals surface area (Å²) in [5.74, 6) is -2.85. The van der Waals surface area contributed by atoms with Crippen LogP contribution < -0.4 is 10.5 Å². The maximum absolute atomic E-state index is 11.8. The summed E-state index contributed by atoms with van der Waals surface area (Å²) in [5.41, 5.74) is 0.0611. The Morgan fingerprint density at radius 2 is 1.89 bits per heavy atom. The molecule has 1 saturated carbocycles. The standard InChI is InChI=1S/C11H12N2O5S/c12-19(17,18)9-4-2-1-3-8(9)13-10(14)6-5-7(6)11(15)16/h1-4,6-7H,5H2,(H,13,14)(H,15,16)(H2,12,17,18)/t6-,7+/m1/s1. The van der Waals surface area contributed by atoms with Crippen molar-refractivity contribution in [3.05, 3.63) is 24.3 Å². The van der Waals surface area contributed by atoms with E-state index in [1.165, 1.54) is 18.2 Å². The van der Waals surface area contributed by atoms with Crippen molar-refractivity contribution in [2.75, 3.05) is 5.32 Å². The average molecular weight is 284 g/mol. The fourth-order valence-corrected chi connectivity index (χ4v) is 2.49. The number of amides is 1. The minimum Gasteiger partial charge on any atom is -0.481 e. The normalized spacial score (nSPS) is 21.7. The van der Waals surface area contributed by atoms with Gasteiger partial charge in [-0.2, -0.15) is 0 Å². The van der Waals surface area contributed by atoms with Crippen LogP contribution in [0.5, 0.6) is 0 Å². The molecule has 102 valence electrons. The smallest absolute Gasteiger partial charge is 0.307 e. The molecule has 19 heavy (non-hydrogen) atoms. The Kier molecular flexibility index (Phi) is 3.29. The summed E-state index contributed by atoms with van der Waals surface area (Å²) in [6, 6.07) is 5.70. The monoisotopic (exact) mass is 284 g/mol. The molecule has 7 nitrogen and oxygen atoms in total. The second-order valence-electron chi connectivity index (χ2n) is 4.32. The number of anilines is 1. The molecule has 1 fully saturated rings. The summed E-state index contributed by atoms with van der Waals surface area (Å²) < 4.78 is 22.7. The molecule has 1 amide bonds. The summed E-state index contributed by atoms with van der Waals surface area (Å²) in [4.78, 5) is 22.2. The minimum atomic E-state index is -3.95. The maximum atomic E-state index is 11.8. The van der Waals surface area contributed by atoms with Crippen LogP contribution in [0.4, 0.5) is 5.69 Å². The summed E-state index contributed by atoms with van der Waals surface area (Å²) in [5, 5.41) is 16.2. The number of carboxylic acid groups (broad SMARTS) is 1. The van der Waals surface area contributed by atoms with Crippen LogP contribution >= 0.6 is 0 Å². The molecule has 4 N–H and O–H groups in total. The van der Waals surface area contributed by atoms with Gasteiger partial charge in [-0.05, 0) is 18.6 Å². The van der Waals surface area contributed by atoms with Crippen LogP contribution in [0.25, 0.3) is 0 Å². The Hall–Kier alpha value is -1.93. The number of hydrogen-bond acceptors (Lipinski definition) is 4. The first kappa shape index (κ1) is 13.5. The molecule has 8 heteroatoms. The van der Waals surface area contributed by atoms with E-state index in [2.05, 4.69) is 5.32 Å². The van der Waals surface area contributed by atoms with Gasteiger partial charge >= 0.3 is 5.97 Å². The number of benzene rings is 1. The largest absolute Gasteiger partial charge is 0.481 e. The van der Waals surface area contributed by atoms with Crippen molar-refractivity contribution in [3.8, 4) is 0 Å². The van der Waals surface area contributed by atoms with Gasteiger partial charge in [-0.1, -0.05) is 12.1 Å². The molecular formula is C11H12N2O5S. The number of sulfonamides is 1. The Morgan fingerprint density at radius 1 is 1.26 bits per heavy atom. The zero-order valence-electron chi connectivity index (χ0n) is 9.74. The lowest BCUT2D eigenvalue weighted by Crippen LogP contribution is -2.20. The second kappa shape index (κ2) is 4.63. The first-order valence-corrected chi connectivity index (χ1v) is 7.01. The van der Waals surface area contributed by atoms with Gasteiger partial charge in [0, 0.05) is 0 Å². The van der Waals surface area contributed by atoms with Crippen LogP contribution in [0.2, 0.25) is 0 Å². The lowest BCUT2D eigenvalue weighted by Gasteiger charge is -2.08. The zero-order valence-corrected chi connectivity index (χ0v) is 10.6. The summed E-state index contributed by atoms with van der Waals surface area (Å²) in [6.07, 6.45) is 0.263. The molecule has 0 heterocycles. The van der Waals surface area contributed by atoms with Crippen molar-refractivity contribution >= 4 is 27.6 Å². The molecule has 1 aromatic carbocycles. The third-order valence-electron chi connectivity index (χ3n) is 2.90. The van der Waals surface area contributed by atoms with Gasteiger partial charge in [0.25, 0.3) is 0 Å². The number of rotatable bonds is 4. The maximum Gasteiger partial charge on any atom is 0.307 e. The molecular weight excluding hydrogens is 272 g/mol. The SMILES string of the molecule is NS(=O)(=O)c1ccccc1NC(=O)[C@@H]1C[C@@H]1C(=O)O.